The molecule has 0 aromatic rings. The highest BCUT2D eigenvalue weighted by Crippen LogP contribution is 2.35. The number of unbranched alkanes of at least 4 members (excludes halogenated alkanes) is 18. The molecule has 0 aromatic heterocycles. The summed E-state index contributed by atoms with van der Waals surface area (Å²) in [5, 5.41) is 13.2. The van der Waals surface area contributed by atoms with E-state index in [1.807, 2.05) is 6.08 Å². The number of amides is 1. The molecule has 0 rings (SSSR count). The van der Waals surface area contributed by atoms with Crippen molar-refractivity contribution in [2.45, 2.75) is 161 Å². The number of carbonyl (C=O) groups is 1. The van der Waals surface area contributed by atoms with Crippen LogP contribution in [0.15, 0.2) is 12.2 Å². The molecule has 37 heavy (non-hydrogen) atoms. The fourth-order valence-electron chi connectivity index (χ4n) is 4.40. The van der Waals surface area contributed by atoms with E-state index in [9.17, 15) is 14.5 Å². The van der Waals surface area contributed by atoms with Crippen LogP contribution in [0.1, 0.15) is 149 Å². The Hall–Kier alpha value is -0.720. The van der Waals surface area contributed by atoms with Gasteiger partial charge in [-0.1, -0.05) is 135 Å². The highest BCUT2D eigenvalue weighted by atomic mass is 31.2. The number of nitrogens with one attached hydrogen (secondary N) is 1. The monoisotopic (exact) mass is 547 g/mol. The Labute approximate surface area is 227 Å². The average molecular weight is 548 g/mol. The maximum absolute atomic E-state index is 12.3. The van der Waals surface area contributed by atoms with E-state index in [-0.39, 0.29) is 5.91 Å². The van der Waals surface area contributed by atoms with Gasteiger partial charge in [0, 0.05) is 6.42 Å². The lowest BCUT2D eigenvalue weighted by molar-refractivity contribution is -0.123. The van der Waals surface area contributed by atoms with Crippen molar-refractivity contribution in [3.05, 3.63) is 12.2 Å². The van der Waals surface area contributed by atoms with E-state index in [2.05, 4.69) is 23.7 Å². The molecule has 0 saturated carbocycles. The summed E-state index contributed by atoms with van der Waals surface area (Å²) in [7, 11) is -4.69. The van der Waals surface area contributed by atoms with Crippen LogP contribution in [-0.4, -0.2) is 39.6 Å². The fourth-order valence-corrected chi connectivity index (χ4v) is 4.75. The molecule has 0 fully saturated rings. The maximum atomic E-state index is 12.3. The van der Waals surface area contributed by atoms with Crippen LogP contribution in [0.3, 0.4) is 0 Å². The third-order valence-electron chi connectivity index (χ3n) is 6.75. The number of phosphoric ester groups is 1. The summed E-state index contributed by atoms with van der Waals surface area (Å²) in [6.45, 7) is 3.99. The Bertz CT molecular complexity index is 595. The number of phosphoric acid groups is 1. The van der Waals surface area contributed by atoms with Gasteiger partial charge in [-0.3, -0.25) is 9.32 Å². The third kappa shape index (κ3) is 26.7. The van der Waals surface area contributed by atoms with Crippen molar-refractivity contribution in [1.29, 1.82) is 0 Å². The summed E-state index contributed by atoms with van der Waals surface area (Å²) in [5.41, 5.74) is 0. The standard InChI is InChI=1S/C29H58NO6P/c1-3-5-7-9-11-13-14-15-16-17-18-20-22-24-28(31)27(26-36-37(33,34)35)30-29(32)25-23-21-19-12-10-8-6-4-2/h22,24,27-28,31H,3-21,23,25-26H2,1-2H3,(H,30,32)(H2,33,34,35)/b24-22+/t27-,28+/m0/s1. The van der Waals surface area contributed by atoms with Crippen molar-refractivity contribution < 1.29 is 28.8 Å². The van der Waals surface area contributed by atoms with E-state index in [1.54, 1.807) is 6.08 Å². The number of aliphatic hydroxyl groups is 1. The van der Waals surface area contributed by atoms with Crippen LogP contribution >= 0.6 is 7.82 Å². The highest BCUT2D eigenvalue weighted by molar-refractivity contribution is 7.46. The molecule has 4 N–H and O–H groups in total. The second kappa shape index (κ2) is 25.6. The molecule has 1 amide bonds. The molecule has 2 atom stereocenters. The lowest BCUT2D eigenvalue weighted by Gasteiger charge is -2.22. The molecule has 0 unspecified atom stereocenters. The largest absolute Gasteiger partial charge is 0.469 e. The van der Waals surface area contributed by atoms with Gasteiger partial charge >= 0.3 is 7.82 Å². The lowest BCUT2D eigenvalue weighted by atomic mass is 10.0. The first kappa shape index (κ1) is 36.3. The SMILES string of the molecule is CCCCCCCCCCCCC/C=C/[C@@H](O)[C@H](COP(=O)(O)O)NC(=O)CCCCCCCCCC. The normalized spacial score (nSPS) is 13.8. The Kier molecular flexibility index (Phi) is 25.1. The second-order valence-corrected chi connectivity index (χ2v) is 11.7. The van der Waals surface area contributed by atoms with E-state index in [0.29, 0.717) is 6.42 Å². The van der Waals surface area contributed by atoms with E-state index >= 15 is 0 Å². The Morgan fingerprint density at radius 2 is 1.19 bits per heavy atom. The molecule has 0 bridgehead atoms. The van der Waals surface area contributed by atoms with Crippen LogP contribution in [0.4, 0.5) is 0 Å². The zero-order chi connectivity index (χ0) is 27.6. The molecule has 0 radical (unpaired) electrons. The first-order chi connectivity index (χ1) is 17.8. The summed E-state index contributed by atoms with van der Waals surface area (Å²) in [4.78, 5) is 30.4. The minimum absolute atomic E-state index is 0.233. The first-order valence-corrected chi connectivity index (χ1v) is 16.7. The van der Waals surface area contributed by atoms with E-state index < -0.39 is 26.6 Å². The Morgan fingerprint density at radius 3 is 1.65 bits per heavy atom. The van der Waals surface area contributed by atoms with E-state index in [0.717, 1.165) is 38.5 Å². The van der Waals surface area contributed by atoms with E-state index in [4.69, 9.17) is 9.79 Å². The molecule has 8 heteroatoms. The van der Waals surface area contributed by atoms with Gasteiger partial charge in [-0.25, -0.2) is 4.57 Å². The third-order valence-corrected chi connectivity index (χ3v) is 7.23. The first-order valence-electron chi connectivity index (χ1n) is 15.1. The van der Waals surface area contributed by atoms with Crippen LogP contribution < -0.4 is 5.32 Å². The average Bonchev–Trinajstić information content (AvgIpc) is 2.85. The van der Waals surface area contributed by atoms with Crippen molar-refractivity contribution >= 4 is 13.7 Å². The van der Waals surface area contributed by atoms with Crippen LogP contribution in [0.25, 0.3) is 0 Å². The summed E-state index contributed by atoms with van der Waals surface area (Å²) in [6, 6.07) is -0.900. The van der Waals surface area contributed by atoms with Gasteiger partial charge in [-0.2, -0.15) is 0 Å². The van der Waals surface area contributed by atoms with Gasteiger partial charge in [-0.15, -0.1) is 0 Å². The molecule has 0 heterocycles. The molecule has 0 aliphatic carbocycles. The molecule has 7 nitrogen and oxygen atoms in total. The van der Waals surface area contributed by atoms with Crippen LogP contribution in [0, 0.1) is 0 Å². The predicted molar refractivity (Wildman–Crippen MR) is 153 cm³/mol. The highest BCUT2D eigenvalue weighted by Gasteiger charge is 2.24. The van der Waals surface area contributed by atoms with Gasteiger partial charge < -0.3 is 20.2 Å². The predicted octanol–water partition coefficient (Wildman–Crippen LogP) is 7.73. The molecule has 0 aliphatic rings. The minimum atomic E-state index is -4.69. The molecule has 0 spiro atoms. The number of hydrogen-bond donors (Lipinski definition) is 4. The topological polar surface area (TPSA) is 116 Å². The summed E-state index contributed by atoms with van der Waals surface area (Å²) in [6.07, 6.45) is 26.6. The smallest absolute Gasteiger partial charge is 0.387 e. The zero-order valence-electron chi connectivity index (χ0n) is 23.9. The summed E-state index contributed by atoms with van der Waals surface area (Å²) in [5.74, 6) is -0.233. The number of carbonyl (C=O) groups excluding carboxylic acids is 1. The molecule has 0 aromatic carbocycles. The van der Waals surface area contributed by atoms with E-state index in [1.165, 1.54) is 89.9 Å². The van der Waals surface area contributed by atoms with Gasteiger partial charge in [0.15, 0.2) is 0 Å². The molecular weight excluding hydrogens is 489 g/mol. The number of aliphatic hydroxyl groups excluding tert-OH is 1. The lowest BCUT2D eigenvalue weighted by Crippen LogP contribution is -2.45. The van der Waals surface area contributed by atoms with Crippen LogP contribution in [0.5, 0.6) is 0 Å². The van der Waals surface area contributed by atoms with Gasteiger partial charge in [0.05, 0.1) is 18.8 Å². The maximum Gasteiger partial charge on any atom is 0.469 e. The number of allylic oxidation sites excluding steroid dienone is 1. The van der Waals surface area contributed by atoms with Gasteiger partial charge in [0.2, 0.25) is 5.91 Å². The van der Waals surface area contributed by atoms with Crippen molar-refractivity contribution in [3.63, 3.8) is 0 Å². The molecular formula is C29H58NO6P. The van der Waals surface area contributed by atoms with Crippen molar-refractivity contribution in [3.8, 4) is 0 Å². The van der Waals surface area contributed by atoms with Crippen molar-refractivity contribution in [1.82, 2.24) is 5.32 Å². The number of rotatable bonds is 27. The second-order valence-electron chi connectivity index (χ2n) is 10.4. The Balaban J connectivity index is 4.16. The quantitative estimate of drug-likeness (QED) is 0.0475. The molecule has 220 valence electrons. The molecule has 0 saturated heterocycles. The Morgan fingerprint density at radius 1 is 0.757 bits per heavy atom. The van der Waals surface area contributed by atoms with Crippen molar-refractivity contribution in [2.24, 2.45) is 0 Å². The van der Waals surface area contributed by atoms with Gasteiger partial charge in [0.1, 0.15) is 0 Å². The summed E-state index contributed by atoms with van der Waals surface area (Å²) < 4.78 is 15.7. The summed E-state index contributed by atoms with van der Waals surface area (Å²) >= 11 is 0. The van der Waals surface area contributed by atoms with Gasteiger partial charge in [-0.05, 0) is 19.3 Å². The van der Waals surface area contributed by atoms with Crippen LogP contribution in [0.2, 0.25) is 0 Å². The van der Waals surface area contributed by atoms with Crippen LogP contribution in [-0.2, 0) is 13.9 Å². The van der Waals surface area contributed by atoms with Crippen molar-refractivity contribution in [2.75, 3.05) is 6.61 Å². The molecule has 0 aliphatic heterocycles. The zero-order valence-corrected chi connectivity index (χ0v) is 24.8. The number of hydrogen-bond acceptors (Lipinski definition) is 4. The fraction of sp³-hybridized carbons (Fsp3) is 0.897. The minimum Gasteiger partial charge on any atom is -0.387 e. The van der Waals surface area contributed by atoms with Gasteiger partial charge in [0.25, 0.3) is 0 Å².